The Morgan fingerprint density at radius 3 is 1.72 bits per heavy atom. The molecule has 2 atom stereocenters. The second-order valence-electron chi connectivity index (χ2n) is 7.80. The Morgan fingerprint density at radius 2 is 1.31 bits per heavy atom. The van der Waals surface area contributed by atoms with Crippen LogP contribution in [0.5, 0.6) is 11.5 Å². The van der Waals surface area contributed by atoms with Crippen molar-refractivity contribution in [3.05, 3.63) is 59.7 Å². The predicted molar refractivity (Wildman–Crippen MR) is 126 cm³/mol. The van der Waals surface area contributed by atoms with E-state index in [9.17, 15) is 9.59 Å². The highest BCUT2D eigenvalue weighted by atomic mass is 35.5. The van der Waals surface area contributed by atoms with E-state index in [4.69, 9.17) is 15.2 Å². The summed E-state index contributed by atoms with van der Waals surface area (Å²) in [4.78, 5) is 27.0. The zero-order chi connectivity index (χ0) is 22.2. The monoisotopic (exact) mass is 461 g/mol. The van der Waals surface area contributed by atoms with Gasteiger partial charge in [0.15, 0.2) is 0 Å². The number of amides is 2. The molecule has 3 N–H and O–H groups in total. The summed E-state index contributed by atoms with van der Waals surface area (Å²) in [7, 11) is 3.28. The van der Waals surface area contributed by atoms with Crippen LogP contribution >= 0.6 is 12.4 Å². The van der Waals surface area contributed by atoms with Crippen molar-refractivity contribution in [1.29, 1.82) is 0 Å². The van der Waals surface area contributed by atoms with E-state index in [1.165, 1.54) is 0 Å². The van der Waals surface area contributed by atoms with Crippen molar-refractivity contribution in [2.75, 3.05) is 40.4 Å². The SMILES string of the molecule is COc1ccc(CCN(CCc2ccc(OC)cc2)C(=O)C2CNCC2C(N)=O)cc1.Cl. The summed E-state index contributed by atoms with van der Waals surface area (Å²) >= 11 is 0. The average Bonchev–Trinajstić information content (AvgIpc) is 3.30. The van der Waals surface area contributed by atoms with Crippen LogP contribution in [-0.4, -0.2) is 57.1 Å². The van der Waals surface area contributed by atoms with Gasteiger partial charge in [-0.2, -0.15) is 0 Å². The highest BCUT2D eigenvalue weighted by Gasteiger charge is 2.38. The number of primary amides is 1. The van der Waals surface area contributed by atoms with Gasteiger partial charge in [0.1, 0.15) is 11.5 Å². The van der Waals surface area contributed by atoms with Gasteiger partial charge in [0.05, 0.1) is 26.1 Å². The highest BCUT2D eigenvalue weighted by molar-refractivity contribution is 5.88. The van der Waals surface area contributed by atoms with Crippen molar-refractivity contribution < 1.29 is 19.1 Å². The van der Waals surface area contributed by atoms with Crippen LogP contribution in [0.25, 0.3) is 0 Å². The van der Waals surface area contributed by atoms with E-state index in [0.717, 1.165) is 35.5 Å². The molecule has 0 saturated carbocycles. The molecule has 8 heteroatoms. The quantitative estimate of drug-likeness (QED) is 0.565. The van der Waals surface area contributed by atoms with E-state index in [-0.39, 0.29) is 18.3 Å². The third-order valence-corrected chi connectivity index (χ3v) is 5.87. The minimum Gasteiger partial charge on any atom is -0.497 e. The second kappa shape index (κ2) is 12.3. The van der Waals surface area contributed by atoms with Crippen LogP contribution in [0.1, 0.15) is 11.1 Å². The summed E-state index contributed by atoms with van der Waals surface area (Å²) in [6.45, 7) is 2.08. The van der Waals surface area contributed by atoms with Crippen molar-refractivity contribution in [2.45, 2.75) is 12.8 Å². The zero-order valence-electron chi connectivity index (χ0n) is 18.6. The Hall–Kier alpha value is -2.77. The highest BCUT2D eigenvalue weighted by Crippen LogP contribution is 2.21. The third kappa shape index (κ3) is 6.61. The summed E-state index contributed by atoms with van der Waals surface area (Å²) in [5.74, 6) is 0.292. The maximum Gasteiger partial charge on any atom is 0.227 e. The number of nitrogens with two attached hydrogens (primary N) is 1. The van der Waals surface area contributed by atoms with E-state index in [1.54, 1.807) is 14.2 Å². The van der Waals surface area contributed by atoms with Gasteiger partial charge in [-0.1, -0.05) is 24.3 Å². The van der Waals surface area contributed by atoms with Crippen molar-refractivity contribution in [1.82, 2.24) is 10.2 Å². The molecule has 0 radical (unpaired) electrons. The number of ether oxygens (including phenoxy) is 2. The number of methoxy groups -OCH3 is 2. The average molecular weight is 462 g/mol. The van der Waals surface area contributed by atoms with Crippen LogP contribution < -0.4 is 20.5 Å². The van der Waals surface area contributed by atoms with Crippen molar-refractivity contribution >= 4 is 24.2 Å². The van der Waals surface area contributed by atoms with Crippen molar-refractivity contribution in [3.63, 3.8) is 0 Å². The lowest BCUT2D eigenvalue weighted by atomic mass is 9.93. The molecule has 3 rings (SSSR count). The number of hydrogen-bond acceptors (Lipinski definition) is 5. The molecule has 2 aromatic rings. The first-order chi connectivity index (χ1) is 15.0. The number of nitrogens with zero attached hydrogens (tertiary/aromatic N) is 1. The Morgan fingerprint density at radius 1 is 0.875 bits per heavy atom. The van der Waals surface area contributed by atoms with Gasteiger partial charge in [-0.25, -0.2) is 0 Å². The molecule has 0 bridgehead atoms. The van der Waals surface area contributed by atoms with Crippen LogP contribution in [0.4, 0.5) is 0 Å². The predicted octanol–water partition coefficient (Wildman–Crippen LogP) is 2.06. The molecule has 1 fully saturated rings. The number of rotatable bonds is 10. The minimum atomic E-state index is -0.461. The lowest BCUT2D eigenvalue weighted by Gasteiger charge is -2.27. The van der Waals surface area contributed by atoms with Crippen LogP contribution in [0, 0.1) is 11.8 Å². The molecule has 1 heterocycles. The first kappa shape index (κ1) is 25.5. The lowest BCUT2D eigenvalue weighted by Crippen LogP contribution is -2.44. The van der Waals surface area contributed by atoms with Crippen LogP contribution in [0.15, 0.2) is 48.5 Å². The standard InChI is InChI=1S/C24H31N3O4.ClH/c1-30-19-7-3-17(4-8-19)11-13-27(14-12-18-5-9-20(31-2)10-6-18)24(29)22-16-26-15-21(22)23(25)28;/h3-10,21-22,26H,11-16H2,1-2H3,(H2,25,28);1H. The van der Waals surface area contributed by atoms with E-state index < -0.39 is 17.7 Å². The summed E-state index contributed by atoms with van der Waals surface area (Å²) in [5.41, 5.74) is 7.79. The summed E-state index contributed by atoms with van der Waals surface area (Å²) in [6, 6.07) is 15.7. The molecule has 2 aromatic carbocycles. The summed E-state index contributed by atoms with van der Waals surface area (Å²) in [5, 5.41) is 3.14. The van der Waals surface area contributed by atoms with Gasteiger partial charge in [0.2, 0.25) is 11.8 Å². The van der Waals surface area contributed by atoms with Gasteiger partial charge in [-0.05, 0) is 48.2 Å². The first-order valence-corrected chi connectivity index (χ1v) is 10.6. The Kier molecular flexibility index (Phi) is 9.81. The molecular weight excluding hydrogens is 430 g/mol. The smallest absolute Gasteiger partial charge is 0.227 e. The van der Waals surface area contributed by atoms with Gasteiger partial charge >= 0.3 is 0 Å². The summed E-state index contributed by atoms with van der Waals surface area (Å²) in [6.07, 6.45) is 1.44. The molecular formula is C24H32ClN3O4. The molecule has 2 unspecified atom stereocenters. The number of hydrogen-bond donors (Lipinski definition) is 2. The number of benzene rings is 2. The lowest BCUT2D eigenvalue weighted by molar-refractivity contribution is -0.139. The molecule has 7 nitrogen and oxygen atoms in total. The van der Waals surface area contributed by atoms with Crippen LogP contribution in [-0.2, 0) is 22.4 Å². The number of nitrogens with one attached hydrogen (secondary N) is 1. The fourth-order valence-electron chi connectivity index (χ4n) is 3.92. The van der Waals surface area contributed by atoms with Gasteiger partial charge in [-0.3, -0.25) is 9.59 Å². The van der Waals surface area contributed by atoms with Crippen molar-refractivity contribution in [2.24, 2.45) is 17.6 Å². The number of halogens is 1. The van der Waals surface area contributed by atoms with Gasteiger partial charge in [-0.15, -0.1) is 12.4 Å². The molecule has 1 aliphatic rings. The zero-order valence-corrected chi connectivity index (χ0v) is 19.4. The Bertz CT molecular complexity index is 822. The van der Waals surface area contributed by atoms with E-state index >= 15 is 0 Å². The topological polar surface area (TPSA) is 93.9 Å². The molecule has 0 aliphatic carbocycles. The van der Waals surface area contributed by atoms with Gasteiger partial charge < -0.3 is 25.4 Å². The van der Waals surface area contributed by atoms with Gasteiger partial charge in [0.25, 0.3) is 0 Å². The fraction of sp³-hybridized carbons (Fsp3) is 0.417. The Labute approximate surface area is 195 Å². The molecule has 0 aromatic heterocycles. The van der Waals surface area contributed by atoms with E-state index in [2.05, 4.69) is 5.32 Å². The van der Waals surface area contributed by atoms with E-state index in [1.807, 2.05) is 53.4 Å². The maximum atomic E-state index is 13.3. The second-order valence-corrected chi connectivity index (χ2v) is 7.80. The molecule has 2 amide bonds. The molecule has 0 spiro atoms. The first-order valence-electron chi connectivity index (χ1n) is 10.6. The molecule has 32 heavy (non-hydrogen) atoms. The normalized spacial score (nSPS) is 17.3. The Balaban J connectivity index is 0.00000363. The molecule has 1 aliphatic heterocycles. The summed E-state index contributed by atoms with van der Waals surface area (Å²) < 4.78 is 10.4. The minimum absolute atomic E-state index is 0. The maximum absolute atomic E-state index is 13.3. The number of carbonyl (C=O) groups excluding carboxylic acids is 2. The fourth-order valence-corrected chi connectivity index (χ4v) is 3.92. The van der Waals surface area contributed by atoms with Crippen LogP contribution in [0.2, 0.25) is 0 Å². The van der Waals surface area contributed by atoms with Crippen molar-refractivity contribution in [3.8, 4) is 11.5 Å². The van der Waals surface area contributed by atoms with Gasteiger partial charge in [0, 0.05) is 26.2 Å². The molecule has 174 valence electrons. The third-order valence-electron chi connectivity index (χ3n) is 5.87. The number of carbonyl (C=O) groups is 2. The molecule has 1 saturated heterocycles. The van der Waals surface area contributed by atoms with Crippen LogP contribution in [0.3, 0.4) is 0 Å². The van der Waals surface area contributed by atoms with E-state index in [0.29, 0.717) is 26.2 Å². The largest absolute Gasteiger partial charge is 0.497 e.